The molecule has 1 aromatic carbocycles. The van der Waals surface area contributed by atoms with Crippen LogP contribution in [0.5, 0.6) is 5.75 Å². The van der Waals surface area contributed by atoms with E-state index in [2.05, 4.69) is 11.1 Å². The SMILES string of the molecule is CCOc1ccc(C#N)cc1-c1cc(C)ncc1C(=O)O. The molecule has 2 rings (SSSR count). The van der Waals surface area contributed by atoms with Gasteiger partial charge in [0.15, 0.2) is 0 Å². The molecule has 106 valence electrons. The fourth-order valence-corrected chi connectivity index (χ4v) is 2.04. The first-order valence-corrected chi connectivity index (χ1v) is 6.44. The summed E-state index contributed by atoms with van der Waals surface area (Å²) in [4.78, 5) is 15.4. The van der Waals surface area contributed by atoms with E-state index in [0.717, 1.165) is 0 Å². The Hall–Kier alpha value is -2.87. The summed E-state index contributed by atoms with van der Waals surface area (Å²) in [7, 11) is 0. The first-order chi connectivity index (χ1) is 10.1. The maximum Gasteiger partial charge on any atom is 0.337 e. The number of carbonyl (C=O) groups is 1. The van der Waals surface area contributed by atoms with Gasteiger partial charge in [-0.05, 0) is 38.1 Å². The van der Waals surface area contributed by atoms with Crippen molar-refractivity contribution in [3.63, 3.8) is 0 Å². The second kappa shape index (κ2) is 6.06. The van der Waals surface area contributed by atoms with E-state index >= 15 is 0 Å². The average Bonchev–Trinajstić information content (AvgIpc) is 2.47. The molecule has 0 amide bonds. The van der Waals surface area contributed by atoms with Crippen LogP contribution in [0.1, 0.15) is 28.5 Å². The Bertz CT molecular complexity index is 733. The third-order valence-electron chi connectivity index (χ3n) is 2.97. The van der Waals surface area contributed by atoms with Crippen LogP contribution in [-0.2, 0) is 0 Å². The van der Waals surface area contributed by atoms with Gasteiger partial charge in [-0.1, -0.05) is 0 Å². The molecule has 1 aromatic heterocycles. The molecule has 2 aromatic rings. The van der Waals surface area contributed by atoms with Gasteiger partial charge in [-0.15, -0.1) is 0 Å². The fourth-order valence-electron chi connectivity index (χ4n) is 2.04. The summed E-state index contributed by atoms with van der Waals surface area (Å²) in [6, 6.07) is 8.69. The molecular formula is C16H14N2O3. The molecule has 0 saturated carbocycles. The Morgan fingerprint density at radius 1 is 1.38 bits per heavy atom. The number of rotatable bonds is 4. The van der Waals surface area contributed by atoms with Crippen molar-refractivity contribution in [1.82, 2.24) is 4.98 Å². The third-order valence-corrected chi connectivity index (χ3v) is 2.97. The van der Waals surface area contributed by atoms with Gasteiger partial charge in [0.2, 0.25) is 0 Å². The molecule has 0 spiro atoms. The zero-order chi connectivity index (χ0) is 15.4. The number of aromatic nitrogens is 1. The number of nitriles is 1. The van der Waals surface area contributed by atoms with Crippen molar-refractivity contribution in [2.45, 2.75) is 13.8 Å². The molecule has 1 heterocycles. The minimum atomic E-state index is -1.07. The molecule has 0 aliphatic carbocycles. The largest absolute Gasteiger partial charge is 0.493 e. The van der Waals surface area contributed by atoms with Gasteiger partial charge in [0.25, 0.3) is 0 Å². The quantitative estimate of drug-likeness (QED) is 0.931. The third kappa shape index (κ3) is 3.00. The van der Waals surface area contributed by atoms with Crippen LogP contribution in [-0.4, -0.2) is 22.7 Å². The summed E-state index contributed by atoms with van der Waals surface area (Å²) >= 11 is 0. The lowest BCUT2D eigenvalue weighted by molar-refractivity contribution is 0.0697. The minimum Gasteiger partial charge on any atom is -0.493 e. The van der Waals surface area contributed by atoms with Crippen LogP contribution in [0.3, 0.4) is 0 Å². The van der Waals surface area contributed by atoms with Gasteiger partial charge < -0.3 is 9.84 Å². The van der Waals surface area contributed by atoms with Crippen LogP contribution in [0.25, 0.3) is 11.1 Å². The number of carboxylic acid groups (broad SMARTS) is 1. The Morgan fingerprint density at radius 3 is 2.76 bits per heavy atom. The Kier molecular flexibility index (Phi) is 4.19. The first kappa shape index (κ1) is 14.5. The van der Waals surface area contributed by atoms with E-state index < -0.39 is 5.97 Å². The number of aryl methyl sites for hydroxylation is 1. The number of pyridine rings is 1. The predicted octanol–water partition coefficient (Wildman–Crippen LogP) is 3.03. The molecule has 5 nitrogen and oxygen atoms in total. The Balaban J connectivity index is 2.73. The number of ether oxygens (including phenoxy) is 1. The molecule has 5 heteroatoms. The molecule has 0 fully saturated rings. The van der Waals surface area contributed by atoms with Crippen molar-refractivity contribution in [1.29, 1.82) is 5.26 Å². The van der Waals surface area contributed by atoms with E-state index in [1.54, 1.807) is 31.2 Å². The minimum absolute atomic E-state index is 0.0802. The van der Waals surface area contributed by atoms with Crippen LogP contribution in [0.4, 0.5) is 0 Å². The van der Waals surface area contributed by atoms with Gasteiger partial charge in [0.1, 0.15) is 5.75 Å². The summed E-state index contributed by atoms with van der Waals surface area (Å²) < 4.78 is 5.54. The van der Waals surface area contributed by atoms with E-state index in [0.29, 0.717) is 34.7 Å². The number of nitrogens with zero attached hydrogens (tertiary/aromatic N) is 2. The lowest BCUT2D eigenvalue weighted by Crippen LogP contribution is -2.03. The smallest absolute Gasteiger partial charge is 0.337 e. The van der Waals surface area contributed by atoms with Gasteiger partial charge >= 0.3 is 5.97 Å². The molecule has 0 unspecified atom stereocenters. The van der Waals surface area contributed by atoms with Crippen molar-refractivity contribution in [2.24, 2.45) is 0 Å². The van der Waals surface area contributed by atoms with Crippen LogP contribution in [0.2, 0.25) is 0 Å². The van der Waals surface area contributed by atoms with E-state index in [4.69, 9.17) is 10.00 Å². The predicted molar refractivity (Wildman–Crippen MR) is 77.3 cm³/mol. The number of carboxylic acids is 1. The van der Waals surface area contributed by atoms with Gasteiger partial charge in [-0.2, -0.15) is 5.26 Å². The summed E-state index contributed by atoms with van der Waals surface area (Å²) in [5.41, 5.74) is 2.30. The molecule has 1 N–H and O–H groups in total. The maximum atomic E-state index is 11.4. The molecule has 0 radical (unpaired) electrons. The van der Waals surface area contributed by atoms with Crippen molar-refractivity contribution >= 4 is 5.97 Å². The molecule has 21 heavy (non-hydrogen) atoms. The highest BCUT2D eigenvalue weighted by atomic mass is 16.5. The summed E-state index contributed by atoms with van der Waals surface area (Å²) in [6.45, 7) is 4.08. The monoisotopic (exact) mass is 282 g/mol. The number of hydrogen-bond donors (Lipinski definition) is 1. The molecule has 0 aliphatic heterocycles. The molecule has 0 atom stereocenters. The number of aromatic carboxylic acids is 1. The molecule has 0 aliphatic rings. The van der Waals surface area contributed by atoms with Gasteiger partial charge in [-0.25, -0.2) is 4.79 Å². The maximum absolute atomic E-state index is 11.4. The normalized spacial score (nSPS) is 9.95. The van der Waals surface area contributed by atoms with Crippen molar-refractivity contribution in [3.8, 4) is 22.9 Å². The Morgan fingerprint density at radius 2 is 2.14 bits per heavy atom. The highest BCUT2D eigenvalue weighted by Gasteiger charge is 2.17. The number of hydrogen-bond acceptors (Lipinski definition) is 4. The summed E-state index contributed by atoms with van der Waals surface area (Å²) in [6.07, 6.45) is 1.32. The topological polar surface area (TPSA) is 83.2 Å². The van der Waals surface area contributed by atoms with Gasteiger partial charge in [0, 0.05) is 23.0 Å². The highest BCUT2D eigenvalue weighted by molar-refractivity contribution is 5.96. The van der Waals surface area contributed by atoms with Crippen LogP contribution < -0.4 is 4.74 Å². The van der Waals surface area contributed by atoms with E-state index in [9.17, 15) is 9.90 Å². The van der Waals surface area contributed by atoms with Crippen LogP contribution in [0.15, 0.2) is 30.5 Å². The second-order valence-corrected chi connectivity index (χ2v) is 4.43. The average molecular weight is 282 g/mol. The van der Waals surface area contributed by atoms with E-state index in [-0.39, 0.29) is 5.56 Å². The highest BCUT2D eigenvalue weighted by Crippen LogP contribution is 2.33. The molecule has 0 saturated heterocycles. The van der Waals surface area contributed by atoms with Crippen molar-refractivity contribution < 1.29 is 14.6 Å². The summed E-state index contributed by atoms with van der Waals surface area (Å²) in [5.74, 6) is -0.521. The Labute approximate surface area is 122 Å². The van der Waals surface area contributed by atoms with E-state index in [1.165, 1.54) is 6.20 Å². The van der Waals surface area contributed by atoms with Crippen molar-refractivity contribution in [2.75, 3.05) is 6.61 Å². The lowest BCUT2D eigenvalue weighted by atomic mass is 9.98. The van der Waals surface area contributed by atoms with E-state index in [1.807, 2.05) is 6.92 Å². The summed E-state index contributed by atoms with van der Waals surface area (Å²) in [5, 5.41) is 18.4. The standard InChI is InChI=1S/C16H14N2O3/c1-3-21-15-5-4-11(8-17)7-13(15)12-6-10(2)18-9-14(12)16(19)20/h4-7,9H,3H2,1-2H3,(H,19,20). The first-order valence-electron chi connectivity index (χ1n) is 6.44. The van der Waals surface area contributed by atoms with Crippen molar-refractivity contribution in [3.05, 3.63) is 47.3 Å². The molecule has 0 bridgehead atoms. The zero-order valence-corrected chi connectivity index (χ0v) is 11.8. The second-order valence-electron chi connectivity index (χ2n) is 4.43. The lowest BCUT2D eigenvalue weighted by Gasteiger charge is -2.13. The van der Waals surface area contributed by atoms with Gasteiger partial charge in [-0.3, -0.25) is 4.98 Å². The van der Waals surface area contributed by atoms with Gasteiger partial charge in [0.05, 0.1) is 23.8 Å². The molecular weight excluding hydrogens is 268 g/mol. The zero-order valence-electron chi connectivity index (χ0n) is 11.8. The number of benzene rings is 1. The fraction of sp³-hybridized carbons (Fsp3) is 0.188. The van der Waals surface area contributed by atoms with Crippen LogP contribution in [0, 0.1) is 18.3 Å². The van der Waals surface area contributed by atoms with Crippen LogP contribution >= 0.6 is 0 Å².